The van der Waals surface area contributed by atoms with Gasteiger partial charge in [0.15, 0.2) is 0 Å². The van der Waals surface area contributed by atoms with E-state index in [1.54, 1.807) is 35.3 Å². The van der Waals surface area contributed by atoms with Crippen molar-refractivity contribution in [2.24, 2.45) is 0 Å². The van der Waals surface area contributed by atoms with Crippen molar-refractivity contribution >= 4 is 5.91 Å². The lowest BCUT2D eigenvalue weighted by Gasteiger charge is -2.12. The molecule has 0 aliphatic heterocycles. The first kappa shape index (κ1) is 18.4. The molecular formula is C20H22N4O3. The number of benzene rings is 1. The number of hydrogen-bond donors (Lipinski definition) is 1. The van der Waals surface area contributed by atoms with Crippen LogP contribution in [0.5, 0.6) is 5.75 Å². The van der Waals surface area contributed by atoms with Crippen LogP contribution in [-0.2, 0) is 13.1 Å². The molecule has 1 N–H and O–H groups in total. The monoisotopic (exact) mass is 366 g/mol. The molecule has 2 heterocycles. The quantitative estimate of drug-likeness (QED) is 0.692. The number of aromatic nitrogens is 3. The fourth-order valence-corrected chi connectivity index (χ4v) is 2.84. The first-order valence-corrected chi connectivity index (χ1v) is 8.65. The molecule has 0 aliphatic carbocycles. The summed E-state index contributed by atoms with van der Waals surface area (Å²) in [4.78, 5) is 28.4. The Balaban J connectivity index is 1.56. The van der Waals surface area contributed by atoms with Gasteiger partial charge >= 0.3 is 0 Å². The van der Waals surface area contributed by atoms with Crippen LogP contribution in [0.2, 0.25) is 0 Å². The van der Waals surface area contributed by atoms with Crippen molar-refractivity contribution in [3.63, 3.8) is 0 Å². The molecular weight excluding hydrogens is 344 g/mol. The number of hydrogen-bond acceptors (Lipinski definition) is 4. The molecule has 3 rings (SSSR count). The smallest absolute Gasteiger partial charge is 0.254 e. The van der Waals surface area contributed by atoms with Gasteiger partial charge in [0.25, 0.3) is 11.5 Å². The number of ether oxygens (including phenoxy) is 1. The molecule has 0 aliphatic rings. The largest absolute Gasteiger partial charge is 0.496 e. The molecule has 7 nitrogen and oxygen atoms in total. The van der Waals surface area contributed by atoms with Gasteiger partial charge in [0.2, 0.25) is 0 Å². The third-order valence-electron chi connectivity index (χ3n) is 4.31. The van der Waals surface area contributed by atoms with Crippen LogP contribution >= 0.6 is 0 Å². The molecule has 1 aromatic carbocycles. The van der Waals surface area contributed by atoms with Crippen molar-refractivity contribution in [2.45, 2.75) is 20.0 Å². The van der Waals surface area contributed by atoms with Gasteiger partial charge in [0.1, 0.15) is 5.75 Å². The van der Waals surface area contributed by atoms with Crippen LogP contribution in [0.15, 0.2) is 59.9 Å². The van der Waals surface area contributed by atoms with Gasteiger partial charge < -0.3 is 19.2 Å². The van der Waals surface area contributed by atoms with Crippen LogP contribution in [0.25, 0.3) is 0 Å². The van der Waals surface area contributed by atoms with Gasteiger partial charge in [0.05, 0.1) is 13.4 Å². The molecule has 0 bridgehead atoms. The van der Waals surface area contributed by atoms with E-state index in [4.69, 9.17) is 4.74 Å². The Morgan fingerprint density at radius 2 is 2.00 bits per heavy atom. The van der Waals surface area contributed by atoms with Crippen molar-refractivity contribution in [1.82, 2.24) is 19.4 Å². The average Bonchev–Trinajstić information content (AvgIpc) is 3.17. The summed E-state index contributed by atoms with van der Waals surface area (Å²) in [5, 5.41) is 2.85. The van der Waals surface area contributed by atoms with Gasteiger partial charge in [-0.3, -0.25) is 9.59 Å². The summed E-state index contributed by atoms with van der Waals surface area (Å²) in [5.41, 5.74) is 2.32. The standard InChI is InChI=1S/C20H22N4O3/c1-15-11-18(27-2)12-19(25)24(15)10-8-22-20(26)17-5-3-16(4-6-17)13-23-9-7-21-14-23/h3-7,9,11-12,14H,8,10,13H2,1-2H3,(H,22,26). The summed E-state index contributed by atoms with van der Waals surface area (Å²) < 4.78 is 8.66. The molecule has 0 atom stereocenters. The Morgan fingerprint density at radius 1 is 1.22 bits per heavy atom. The number of rotatable bonds is 7. The first-order valence-electron chi connectivity index (χ1n) is 8.65. The highest BCUT2D eigenvalue weighted by Crippen LogP contribution is 2.09. The molecule has 3 aromatic rings. The molecule has 140 valence electrons. The van der Waals surface area contributed by atoms with Crippen LogP contribution in [0.3, 0.4) is 0 Å². The number of amides is 1. The lowest BCUT2D eigenvalue weighted by atomic mass is 10.1. The molecule has 2 aromatic heterocycles. The number of aryl methyl sites for hydroxylation is 1. The molecule has 0 spiro atoms. The number of methoxy groups -OCH3 is 1. The van der Waals surface area contributed by atoms with Crippen molar-refractivity contribution in [3.05, 3.63) is 82.3 Å². The summed E-state index contributed by atoms with van der Waals surface area (Å²) in [6, 6.07) is 10.7. The van der Waals surface area contributed by atoms with Gasteiger partial charge in [-0.05, 0) is 30.7 Å². The number of imidazole rings is 1. The number of carbonyl (C=O) groups excluding carboxylic acids is 1. The van der Waals surface area contributed by atoms with Gasteiger partial charge in [0, 0.05) is 49.4 Å². The van der Waals surface area contributed by atoms with E-state index in [9.17, 15) is 9.59 Å². The molecule has 7 heteroatoms. The zero-order valence-electron chi connectivity index (χ0n) is 15.4. The van der Waals surface area contributed by atoms with Gasteiger partial charge in [-0.25, -0.2) is 4.98 Å². The van der Waals surface area contributed by atoms with Crippen molar-refractivity contribution in [3.8, 4) is 5.75 Å². The third kappa shape index (κ3) is 4.63. The number of nitrogens with one attached hydrogen (secondary N) is 1. The van der Waals surface area contributed by atoms with Crippen molar-refractivity contribution in [1.29, 1.82) is 0 Å². The Labute approximate surface area is 157 Å². The summed E-state index contributed by atoms with van der Waals surface area (Å²) in [6.45, 7) is 3.31. The van der Waals surface area contributed by atoms with E-state index in [-0.39, 0.29) is 11.5 Å². The number of carbonyl (C=O) groups is 1. The molecule has 0 unspecified atom stereocenters. The fourth-order valence-electron chi connectivity index (χ4n) is 2.84. The summed E-state index contributed by atoms with van der Waals surface area (Å²) in [5.74, 6) is 0.372. The average molecular weight is 366 g/mol. The summed E-state index contributed by atoms with van der Waals surface area (Å²) in [6.07, 6.45) is 5.38. The minimum Gasteiger partial charge on any atom is -0.496 e. The first-order chi connectivity index (χ1) is 13.1. The van der Waals surface area contributed by atoms with Gasteiger partial charge in [-0.15, -0.1) is 0 Å². The van der Waals surface area contributed by atoms with E-state index in [1.165, 1.54) is 13.2 Å². The maximum absolute atomic E-state index is 12.3. The highest BCUT2D eigenvalue weighted by molar-refractivity contribution is 5.94. The van der Waals surface area contributed by atoms with E-state index in [2.05, 4.69) is 10.3 Å². The second-order valence-corrected chi connectivity index (χ2v) is 6.21. The van der Waals surface area contributed by atoms with Gasteiger partial charge in [-0.1, -0.05) is 12.1 Å². The van der Waals surface area contributed by atoms with Crippen molar-refractivity contribution in [2.75, 3.05) is 13.7 Å². The zero-order chi connectivity index (χ0) is 19.2. The third-order valence-corrected chi connectivity index (χ3v) is 4.31. The molecule has 27 heavy (non-hydrogen) atoms. The fraction of sp³-hybridized carbons (Fsp3) is 0.250. The summed E-state index contributed by atoms with van der Waals surface area (Å²) in [7, 11) is 1.53. The molecule has 0 saturated carbocycles. The Bertz CT molecular complexity index is 960. The Hall–Kier alpha value is -3.35. The van der Waals surface area contributed by atoms with E-state index in [1.807, 2.05) is 29.8 Å². The second kappa shape index (κ2) is 8.35. The molecule has 1 amide bonds. The number of nitrogens with zero attached hydrogens (tertiary/aromatic N) is 3. The molecule has 0 saturated heterocycles. The SMILES string of the molecule is COc1cc(C)n(CCNC(=O)c2ccc(Cn3ccnc3)cc2)c(=O)c1. The van der Waals surface area contributed by atoms with E-state index in [0.717, 1.165) is 11.3 Å². The lowest BCUT2D eigenvalue weighted by molar-refractivity contribution is 0.0952. The topological polar surface area (TPSA) is 78.2 Å². The zero-order valence-corrected chi connectivity index (χ0v) is 15.4. The maximum atomic E-state index is 12.3. The minimum absolute atomic E-state index is 0.148. The molecule has 0 fully saturated rings. The lowest BCUT2D eigenvalue weighted by Crippen LogP contribution is -2.31. The molecule has 0 radical (unpaired) electrons. The van der Waals surface area contributed by atoms with Crippen LogP contribution < -0.4 is 15.6 Å². The van der Waals surface area contributed by atoms with Crippen LogP contribution in [0, 0.1) is 6.92 Å². The Morgan fingerprint density at radius 3 is 2.63 bits per heavy atom. The minimum atomic E-state index is -0.164. The predicted octanol–water partition coefficient (Wildman–Crippen LogP) is 1.84. The van der Waals surface area contributed by atoms with Crippen molar-refractivity contribution < 1.29 is 9.53 Å². The van der Waals surface area contributed by atoms with Crippen LogP contribution in [0.4, 0.5) is 0 Å². The predicted molar refractivity (Wildman–Crippen MR) is 102 cm³/mol. The van der Waals surface area contributed by atoms with E-state index in [0.29, 0.717) is 30.9 Å². The Kier molecular flexibility index (Phi) is 5.71. The highest BCUT2D eigenvalue weighted by atomic mass is 16.5. The number of pyridine rings is 1. The normalized spacial score (nSPS) is 10.6. The maximum Gasteiger partial charge on any atom is 0.254 e. The summed E-state index contributed by atoms with van der Waals surface area (Å²) >= 11 is 0. The van der Waals surface area contributed by atoms with Crippen LogP contribution in [0.1, 0.15) is 21.6 Å². The van der Waals surface area contributed by atoms with E-state index < -0.39 is 0 Å². The highest BCUT2D eigenvalue weighted by Gasteiger charge is 2.07. The second-order valence-electron chi connectivity index (χ2n) is 6.21. The van der Waals surface area contributed by atoms with E-state index >= 15 is 0 Å². The van der Waals surface area contributed by atoms with Gasteiger partial charge in [-0.2, -0.15) is 0 Å². The van der Waals surface area contributed by atoms with Crippen LogP contribution in [-0.4, -0.2) is 33.7 Å².